The third-order valence-corrected chi connectivity index (χ3v) is 3.06. The zero-order valence-corrected chi connectivity index (χ0v) is 11.4. The predicted molar refractivity (Wildman–Crippen MR) is 75.5 cm³/mol. The maximum absolute atomic E-state index is 5.65. The average molecular weight is 261 g/mol. The molecular weight excluding hydrogens is 246 g/mol. The lowest BCUT2D eigenvalue weighted by atomic mass is 10.2. The summed E-state index contributed by atoms with van der Waals surface area (Å²) < 4.78 is 7.15. The molecule has 1 aromatic heterocycles. The van der Waals surface area contributed by atoms with Crippen LogP contribution in [0.1, 0.15) is 16.8 Å². The van der Waals surface area contributed by atoms with E-state index in [1.807, 2.05) is 32.0 Å². The Balaban J connectivity index is 2.61. The van der Waals surface area contributed by atoms with E-state index < -0.39 is 0 Å². The fraction of sp³-hybridized carbons (Fsp3) is 0.231. The minimum Gasteiger partial charge on any atom is -0.494 e. The van der Waals surface area contributed by atoms with E-state index in [0.717, 1.165) is 28.3 Å². The maximum Gasteiger partial charge on any atom is 0.144 e. The van der Waals surface area contributed by atoms with E-state index >= 15 is 0 Å². The highest BCUT2D eigenvalue weighted by Crippen LogP contribution is 2.25. The smallest absolute Gasteiger partial charge is 0.144 e. The molecule has 0 saturated heterocycles. The Hall–Kier alpha value is -1.88. The van der Waals surface area contributed by atoms with E-state index in [0.29, 0.717) is 4.99 Å². The average Bonchev–Trinajstić information content (AvgIpc) is 2.71. The highest BCUT2D eigenvalue weighted by atomic mass is 32.1. The molecule has 0 aliphatic carbocycles. The lowest BCUT2D eigenvalue weighted by molar-refractivity contribution is 0.411. The Morgan fingerprint density at radius 2 is 2.11 bits per heavy atom. The molecule has 2 rings (SSSR count). The molecule has 0 unspecified atom stereocenters. The minimum absolute atomic E-state index is 0.352. The van der Waals surface area contributed by atoms with Crippen LogP contribution in [-0.4, -0.2) is 21.9 Å². The summed E-state index contributed by atoms with van der Waals surface area (Å²) in [4.78, 5) is 0.352. The zero-order chi connectivity index (χ0) is 13.3. The number of methoxy groups -OCH3 is 1. The van der Waals surface area contributed by atoms with Gasteiger partial charge in [-0.2, -0.15) is 5.10 Å². The molecule has 94 valence electrons. The summed E-state index contributed by atoms with van der Waals surface area (Å²) >= 11 is 4.99. The summed E-state index contributed by atoms with van der Waals surface area (Å²) in [5.74, 6) is 0.765. The van der Waals surface area contributed by atoms with Crippen molar-refractivity contribution in [3.8, 4) is 11.4 Å². The first-order chi connectivity index (χ1) is 8.54. The molecule has 0 radical (unpaired) electrons. The molecule has 5 heteroatoms. The van der Waals surface area contributed by atoms with Gasteiger partial charge in [0.2, 0.25) is 0 Å². The molecule has 18 heavy (non-hydrogen) atoms. The second kappa shape index (κ2) is 4.78. The first-order valence-electron chi connectivity index (χ1n) is 5.54. The van der Waals surface area contributed by atoms with Crippen LogP contribution in [-0.2, 0) is 0 Å². The molecule has 0 spiro atoms. The molecule has 2 aromatic rings. The number of hydrogen-bond acceptors (Lipinski definition) is 3. The Morgan fingerprint density at radius 1 is 1.39 bits per heavy atom. The van der Waals surface area contributed by atoms with Crippen molar-refractivity contribution in [2.24, 2.45) is 5.73 Å². The van der Waals surface area contributed by atoms with Crippen LogP contribution in [0.15, 0.2) is 24.4 Å². The van der Waals surface area contributed by atoms with Gasteiger partial charge in [-0.05, 0) is 31.5 Å². The summed E-state index contributed by atoms with van der Waals surface area (Å²) in [6.07, 6.45) is 1.68. The van der Waals surface area contributed by atoms with Crippen LogP contribution in [0.4, 0.5) is 0 Å². The maximum atomic E-state index is 5.65. The van der Waals surface area contributed by atoms with Gasteiger partial charge in [0.25, 0.3) is 0 Å². The molecule has 2 N–H and O–H groups in total. The molecule has 4 nitrogen and oxygen atoms in total. The van der Waals surface area contributed by atoms with Crippen molar-refractivity contribution in [3.63, 3.8) is 0 Å². The molecule has 0 fully saturated rings. The van der Waals surface area contributed by atoms with Gasteiger partial charge in [0.1, 0.15) is 16.4 Å². The predicted octanol–water partition coefficient (Wildman–Crippen LogP) is 2.13. The van der Waals surface area contributed by atoms with Crippen molar-refractivity contribution in [2.75, 3.05) is 7.11 Å². The Labute approximate surface area is 111 Å². The Kier molecular flexibility index (Phi) is 3.34. The molecule has 0 atom stereocenters. The summed E-state index contributed by atoms with van der Waals surface area (Å²) in [6, 6.07) is 5.93. The Morgan fingerprint density at radius 3 is 2.67 bits per heavy atom. The molecule has 0 aliphatic heterocycles. The number of hydrogen-bond donors (Lipinski definition) is 1. The summed E-state index contributed by atoms with van der Waals surface area (Å²) in [5, 5.41) is 4.33. The summed E-state index contributed by atoms with van der Waals surface area (Å²) in [5.41, 5.74) is 9.37. The molecule has 0 amide bonds. The first-order valence-corrected chi connectivity index (χ1v) is 5.95. The number of thiocarbonyl (C=S) groups is 1. The van der Waals surface area contributed by atoms with Gasteiger partial charge in [0, 0.05) is 0 Å². The molecule has 1 heterocycles. The molecule has 0 saturated carbocycles. The van der Waals surface area contributed by atoms with Gasteiger partial charge >= 0.3 is 0 Å². The molecule has 0 bridgehead atoms. The van der Waals surface area contributed by atoms with Crippen molar-refractivity contribution < 1.29 is 4.74 Å². The van der Waals surface area contributed by atoms with Crippen LogP contribution in [0.25, 0.3) is 5.69 Å². The first kappa shape index (κ1) is 12.6. The van der Waals surface area contributed by atoms with E-state index in [1.165, 1.54) is 0 Å². The van der Waals surface area contributed by atoms with E-state index in [-0.39, 0.29) is 0 Å². The van der Waals surface area contributed by atoms with Crippen LogP contribution in [0, 0.1) is 13.8 Å². The molecular formula is C13H15N3OS. The van der Waals surface area contributed by atoms with Crippen molar-refractivity contribution in [1.29, 1.82) is 0 Å². The van der Waals surface area contributed by atoms with Gasteiger partial charge in [0.05, 0.1) is 24.6 Å². The number of ether oxygens (including phenoxy) is 1. The number of benzene rings is 1. The number of aryl methyl sites for hydroxylation is 1. The zero-order valence-electron chi connectivity index (χ0n) is 10.6. The van der Waals surface area contributed by atoms with Crippen LogP contribution >= 0.6 is 12.2 Å². The number of aromatic nitrogens is 2. The van der Waals surface area contributed by atoms with E-state index in [1.54, 1.807) is 18.0 Å². The normalized spacial score (nSPS) is 10.4. The number of nitrogens with zero attached hydrogens (tertiary/aromatic N) is 2. The van der Waals surface area contributed by atoms with Crippen molar-refractivity contribution in [1.82, 2.24) is 9.78 Å². The van der Waals surface area contributed by atoms with E-state index in [9.17, 15) is 0 Å². The third kappa shape index (κ3) is 2.09. The van der Waals surface area contributed by atoms with Gasteiger partial charge in [0.15, 0.2) is 0 Å². The monoisotopic (exact) mass is 261 g/mol. The fourth-order valence-electron chi connectivity index (χ4n) is 1.86. The molecule has 0 aliphatic rings. The number of rotatable bonds is 3. The van der Waals surface area contributed by atoms with Crippen LogP contribution < -0.4 is 10.5 Å². The van der Waals surface area contributed by atoms with Gasteiger partial charge in [-0.1, -0.05) is 18.3 Å². The van der Waals surface area contributed by atoms with Gasteiger partial charge in [-0.25, -0.2) is 4.68 Å². The second-order valence-corrected chi connectivity index (χ2v) is 4.53. The van der Waals surface area contributed by atoms with Crippen molar-refractivity contribution in [3.05, 3.63) is 41.2 Å². The SMILES string of the molecule is COc1ccc(C)cc1-n1ncc(C(N)=S)c1C. The van der Waals surface area contributed by atoms with Crippen molar-refractivity contribution in [2.45, 2.75) is 13.8 Å². The van der Waals surface area contributed by atoms with Crippen LogP contribution in [0.3, 0.4) is 0 Å². The second-order valence-electron chi connectivity index (χ2n) is 4.10. The topological polar surface area (TPSA) is 53.1 Å². The van der Waals surface area contributed by atoms with E-state index in [4.69, 9.17) is 22.7 Å². The van der Waals surface area contributed by atoms with Gasteiger partial charge < -0.3 is 10.5 Å². The number of nitrogens with two attached hydrogens (primary N) is 1. The van der Waals surface area contributed by atoms with Crippen LogP contribution in [0.2, 0.25) is 0 Å². The lowest BCUT2D eigenvalue weighted by Gasteiger charge is -2.11. The summed E-state index contributed by atoms with van der Waals surface area (Å²) in [7, 11) is 1.64. The largest absolute Gasteiger partial charge is 0.494 e. The molecule has 1 aromatic carbocycles. The van der Waals surface area contributed by atoms with Gasteiger partial charge in [-0.15, -0.1) is 0 Å². The third-order valence-electron chi connectivity index (χ3n) is 2.84. The van der Waals surface area contributed by atoms with E-state index in [2.05, 4.69) is 5.10 Å². The highest BCUT2D eigenvalue weighted by Gasteiger charge is 2.13. The van der Waals surface area contributed by atoms with Crippen LogP contribution in [0.5, 0.6) is 5.75 Å². The Bertz CT molecular complexity index is 604. The van der Waals surface area contributed by atoms with Gasteiger partial charge in [-0.3, -0.25) is 0 Å². The fourth-order valence-corrected chi connectivity index (χ4v) is 2.06. The lowest BCUT2D eigenvalue weighted by Crippen LogP contribution is -2.11. The minimum atomic E-state index is 0.352. The van der Waals surface area contributed by atoms with Crippen molar-refractivity contribution >= 4 is 17.2 Å². The summed E-state index contributed by atoms with van der Waals surface area (Å²) in [6.45, 7) is 3.96. The highest BCUT2D eigenvalue weighted by molar-refractivity contribution is 7.80. The quantitative estimate of drug-likeness (QED) is 0.860. The standard InChI is InChI=1S/C13H15N3OS/c1-8-4-5-12(17-3)11(6-8)16-9(2)10(7-15-16)13(14)18/h4-7H,1-3H3,(H2,14,18).